The Morgan fingerprint density at radius 2 is 1.91 bits per heavy atom. The highest BCUT2D eigenvalue weighted by atomic mass is 16.1. The maximum atomic E-state index is 10.5. The molecule has 0 rings (SSSR count). The Labute approximate surface area is 71.7 Å². The molecule has 0 aromatic rings. The van der Waals surface area contributed by atoms with Crippen LogP contribution in [0.25, 0.3) is 0 Å². The van der Waals surface area contributed by atoms with Crippen LogP contribution in [0.2, 0.25) is 0 Å². The third kappa shape index (κ3) is 7.37. The molecule has 0 bridgehead atoms. The zero-order chi connectivity index (χ0) is 9.28. The highest BCUT2D eigenvalue weighted by Crippen LogP contribution is 2.08. The smallest absolute Gasteiger partial charge is 0.220 e. The fourth-order valence-corrected chi connectivity index (χ4v) is 0.896. The van der Waals surface area contributed by atoms with Crippen molar-refractivity contribution >= 4 is 5.91 Å². The lowest BCUT2D eigenvalue weighted by atomic mass is 10.0. The number of carbonyl (C=O) groups is 1. The summed E-state index contributed by atoms with van der Waals surface area (Å²) in [6.07, 6.45) is 2.86. The topological polar surface area (TPSA) is 43.1 Å². The Bertz CT molecular complexity index is 96.5. The molecule has 0 spiro atoms. The first kappa shape index (κ1) is 13.1. The van der Waals surface area contributed by atoms with Gasteiger partial charge in [-0.15, -0.1) is 0 Å². The molecule has 1 unspecified atom stereocenters. The fourth-order valence-electron chi connectivity index (χ4n) is 0.896. The lowest BCUT2D eigenvalue weighted by Gasteiger charge is -2.06. The number of hydrogen-bond acceptors (Lipinski definition) is 1. The van der Waals surface area contributed by atoms with Crippen LogP contribution in [0.3, 0.4) is 0 Å². The molecule has 0 aromatic carbocycles. The average Bonchev–Trinajstić information content (AvgIpc) is 2.03. The summed E-state index contributed by atoms with van der Waals surface area (Å²) in [5, 5.41) is 0. The Morgan fingerprint density at radius 3 is 2.00 bits per heavy atom. The van der Waals surface area contributed by atoms with Crippen molar-refractivity contribution in [1.82, 2.24) is 0 Å². The van der Waals surface area contributed by atoms with Gasteiger partial charge >= 0.3 is 0 Å². The highest BCUT2D eigenvalue weighted by molar-refractivity contribution is 5.76. The zero-order valence-corrected chi connectivity index (χ0v) is 8.18. The van der Waals surface area contributed by atoms with E-state index < -0.39 is 0 Å². The van der Waals surface area contributed by atoms with Gasteiger partial charge in [-0.05, 0) is 12.8 Å². The number of primary amides is 1. The van der Waals surface area contributed by atoms with Crippen molar-refractivity contribution in [1.29, 1.82) is 0 Å². The number of nitrogens with two attached hydrogens (primary N) is 1. The van der Waals surface area contributed by atoms with E-state index in [1.165, 1.54) is 0 Å². The molecule has 0 saturated heterocycles. The molecule has 0 heterocycles. The minimum Gasteiger partial charge on any atom is -0.369 e. The largest absolute Gasteiger partial charge is 0.369 e. The van der Waals surface area contributed by atoms with Gasteiger partial charge in [0.1, 0.15) is 0 Å². The van der Waals surface area contributed by atoms with Crippen LogP contribution in [0.1, 0.15) is 48.4 Å². The van der Waals surface area contributed by atoms with E-state index in [2.05, 4.69) is 6.92 Å². The van der Waals surface area contributed by atoms with Crippen molar-refractivity contribution in [2.75, 3.05) is 0 Å². The van der Waals surface area contributed by atoms with Gasteiger partial charge in [-0.25, -0.2) is 0 Å². The van der Waals surface area contributed by atoms with Crippen LogP contribution >= 0.6 is 0 Å². The van der Waals surface area contributed by atoms with E-state index in [0.717, 1.165) is 19.3 Å². The van der Waals surface area contributed by atoms with Gasteiger partial charge in [-0.2, -0.15) is 0 Å². The van der Waals surface area contributed by atoms with Crippen LogP contribution < -0.4 is 5.73 Å². The van der Waals surface area contributed by atoms with Crippen LogP contribution in [0.15, 0.2) is 0 Å². The van der Waals surface area contributed by atoms with Gasteiger partial charge in [0.15, 0.2) is 0 Å². The van der Waals surface area contributed by atoms with Gasteiger partial charge in [-0.3, -0.25) is 4.79 Å². The van der Waals surface area contributed by atoms with Gasteiger partial charge in [0, 0.05) is 7.34 Å². The summed E-state index contributed by atoms with van der Waals surface area (Å²) in [7, 11) is 0. The van der Waals surface area contributed by atoms with Crippen molar-refractivity contribution in [3.05, 3.63) is 0 Å². The van der Waals surface area contributed by atoms with Crippen LogP contribution in [0, 0.1) is 5.92 Å². The van der Waals surface area contributed by atoms with Gasteiger partial charge in [-0.1, -0.05) is 34.1 Å². The molecular weight excluding hydrogens is 138 g/mol. The first-order valence-electron chi connectivity index (χ1n) is 4.51. The molecular formula is C9H23NO. The predicted octanol–water partition coefficient (Wildman–Crippen LogP) is 2.57. The molecule has 1 amide bonds. The van der Waals surface area contributed by atoms with Crippen molar-refractivity contribution < 1.29 is 6.22 Å². The molecule has 2 N–H and O–H groups in total. The average molecular weight is 161 g/mol. The molecule has 0 aromatic heterocycles. The Kier molecular flexibility index (Phi) is 11.3. The van der Waals surface area contributed by atoms with Crippen molar-refractivity contribution in [3.63, 3.8) is 0 Å². The molecule has 2 heteroatoms. The number of amides is 1. The van der Waals surface area contributed by atoms with E-state index >= 15 is 0 Å². The number of hydrogen-bond donors (Lipinski definition) is 1. The Balaban J connectivity index is -0.000000249. The highest BCUT2D eigenvalue weighted by Gasteiger charge is 2.09. The van der Waals surface area contributed by atoms with Crippen LogP contribution in [-0.4, -0.2) is 5.91 Å². The third-order valence-electron chi connectivity index (χ3n) is 1.53. The summed E-state index contributed by atoms with van der Waals surface area (Å²) in [4.78, 5) is 10.5. The lowest BCUT2D eigenvalue weighted by molar-refractivity contribution is -0.122. The Hall–Kier alpha value is -0.530. The van der Waals surface area contributed by atoms with E-state index in [0.29, 0.717) is 0 Å². The number of rotatable bonds is 4. The standard InChI is InChI=1S/C7H15NO.C2H6.H2/c1-3-5-6(4-2)7(8)9;1-2;/h6H,3-5H2,1-2H3,(H2,8,9);1-2H3;1H. The molecule has 11 heavy (non-hydrogen) atoms. The fraction of sp³-hybridized carbons (Fsp3) is 0.889. The maximum Gasteiger partial charge on any atom is 0.220 e. The summed E-state index contributed by atoms with van der Waals surface area (Å²) in [6, 6.07) is 0. The van der Waals surface area contributed by atoms with Crippen molar-refractivity contribution in [2.24, 2.45) is 11.7 Å². The molecule has 2 nitrogen and oxygen atoms in total. The van der Waals surface area contributed by atoms with E-state index in [1.54, 1.807) is 0 Å². The summed E-state index contributed by atoms with van der Waals surface area (Å²) in [5.41, 5.74) is 5.09. The van der Waals surface area contributed by atoms with E-state index in [1.807, 2.05) is 20.8 Å². The molecule has 0 aliphatic carbocycles. The van der Waals surface area contributed by atoms with Gasteiger partial charge in [0.25, 0.3) is 0 Å². The second-order valence-electron chi connectivity index (χ2n) is 2.30. The van der Waals surface area contributed by atoms with Gasteiger partial charge < -0.3 is 5.73 Å². The second-order valence-corrected chi connectivity index (χ2v) is 2.30. The normalized spacial score (nSPS) is 11.3. The molecule has 1 atom stereocenters. The Morgan fingerprint density at radius 1 is 1.45 bits per heavy atom. The van der Waals surface area contributed by atoms with E-state index in [4.69, 9.17) is 5.73 Å². The summed E-state index contributed by atoms with van der Waals surface area (Å²) in [5.74, 6) is -0.0469. The molecule has 0 saturated carbocycles. The first-order chi connectivity index (χ1) is 5.22. The minimum absolute atomic E-state index is 0. The molecule has 0 aliphatic rings. The lowest BCUT2D eigenvalue weighted by Crippen LogP contribution is -2.22. The SMILES string of the molecule is CC.CCCC(CC)C(N)=O.[HH]. The number of carbonyl (C=O) groups excluding carboxylic acids is 1. The minimum atomic E-state index is -0.153. The van der Waals surface area contributed by atoms with Crippen molar-refractivity contribution in [3.8, 4) is 0 Å². The quantitative estimate of drug-likeness (QED) is 0.676. The first-order valence-corrected chi connectivity index (χ1v) is 4.51. The van der Waals surface area contributed by atoms with E-state index in [-0.39, 0.29) is 13.3 Å². The van der Waals surface area contributed by atoms with Crippen LogP contribution in [0.4, 0.5) is 0 Å². The monoisotopic (exact) mass is 161 g/mol. The molecule has 0 aliphatic heterocycles. The summed E-state index contributed by atoms with van der Waals surface area (Å²) < 4.78 is 0. The summed E-state index contributed by atoms with van der Waals surface area (Å²) in [6.45, 7) is 8.05. The molecule has 0 fully saturated rings. The zero-order valence-electron chi connectivity index (χ0n) is 8.18. The maximum absolute atomic E-state index is 10.5. The third-order valence-corrected chi connectivity index (χ3v) is 1.53. The molecule has 70 valence electrons. The van der Waals surface area contributed by atoms with Gasteiger partial charge in [0.2, 0.25) is 5.91 Å². The molecule has 0 radical (unpaired) electrons. The summed E-state index contributed by atoms with van der Waals surface area (Å²) >= 11 is 0. The van der Waals surface area contributed by atoms with E-state index in [9.17, 15) is 4.79 Å². The predicted molar refractivity (Wildman–Crippen MR) is 51.3 cm³/mol. The van der Waals surface area contributed by atoms with Crippen LogP contribution in [-0.2, 0) is 4.79 Å². The van der Waals surface area contributed by atoms with Crippen molar-refractivity contribution in [2.45, 2.75) is 47.0 Å². The van der Waals surface area contributed by atoms with Crippen LogP contribution in [0.5, 0.6) is 0 Å². The van der Waals surface area contributed by atoms with Gasteiger partial charge in [0.05, 0.1) is 0 Å². The second kappa shape index (κ2) is 9.47.